The number of sulfonamides is 1. The summed E-state index contributed by atoms with van der Waals surface area (Å²) in [6, 6.07) is 4.46. The fraction of sp³-hybridized carbons (Fsp3) is 0.500. The Morgan fingerprint density at radius 3 is 2.37 bits per heavy atom. The normalized spacial score (nSPS) is 24.4. The van der Waals surface area contributed by atoms with Crippen LogP contribution in [0.5, 0.6) is 0 Å². The van der Waals surface area contributed by atoms with Crippen LogP contribution >= 0.6 is 23.2 Å². The van der Waals surface area contributed by atoms with Crippen molar-refractivity contribution in [1.29, 1.82) is 0 Å². The third-order valence-corrected chi connectivity index (χ3v) is 5.52. The lowest BCUT2D eigenvalue weighted by Gasteiger charge is -2.26. The number of nitrogens with two attached hydrogens (primary N) is 1. The minimum Gasteiger partial charge on any atom is -0.328 e. The van der Waals surface area contributed by atoms with E-state index in [1.165, 1.54) is 18.2 Å². The van der Waals surface area contributed by atoms with Gasteiger partial charge in [-0.05, 0) is 43.9 Å². The molecular formula is C12H16Cl2N2O2S. The molecule has 0 saturated heterocycles. The van der Waals surface area contributed by atoms with Crippen LogP contribution in [0, 0.1) is 0 Å². The van der Waals surface area contributed by atoms with Crippen LogP contribution in [-0.2, 0) is 10.0 Å². The first-order chi connectivity index (χ1) is 8.88. The maximum absolute atomic E-state index is 12.2. The highest BCUT2D eigenvalue weighted by Gasteiger charge is 2.25. The smallest absolute Gasteiger partial charge is 0.242 e. The minimum atomic E-state index is -3.61. The second kappa shape index (κ2) is 5.97. The topological polar surface area (TPSA) is 72.2 Å². The predicted octanol–water partition coefficient (Wildman–Crippen LogP) is 2.54. The van der Waals surface area contributed by atoms with Crippen molar-refractivity contribution in [1.82, 2.24) is 4.72 Å². The van der Waals surface area contributed by atoms with Gasteiger partial charge >= 0.3 is 0 Å². The van der Waals surface area contributed by atoms with Gasteiger partial charge in [-0.3, -0.25) is 0 Å². The third kappa shape index (κ3) is 3.83. The Labute approximate surface area is 123 Å². The van der Waals surface area contributed by atoms with Crippen LogP contribution in [0.4, 0.5) is 0 Å². The second-order valence-corrected chi connectivity index (χ2v) is 7.33. The monoisotopic (exact) mass is 322 g/mol. The average Bonchev–Trinajstić information content (AvgIpc) is 2.31. The number of benzene rings is 1. The summed E-state index contributed by atoms with van der Waals surface area (Å²) in [4.78, 5) is 0.0634. The number of hydrogen-bond acceptors (Lipinski definition) is 3. The van der Waals surface area contributed by atoms with Gasteiger partial charge in [0.15, 0.2) is 0 Å². The van der Waals surface area contributed by atoms with Crippen molar-refractivity contribution in [2.75, 3.05) is 0 Å². The van der Waals surface area contributed by atoms with E-state index in [0.717, 1.165) is 25.7 Å². The summed E-state index contributed by atoms with van der Waals surface area (Å²) in [5.41, 5.74) is 5.80. The lowest BCUT2D eigenvalue weighted by Crippen LogP contribution is -2.40. The van der Waals surface area contributed by atoms with Crippen molar-refractivity contribution in [2.45, 2.75) is 42.7 Å². The molecule has 106 valence electrons. The zero-order chi connectivity index (χ0) is 14.0. The number of hydrogen-bond donors (Lipinski definition) is 2. The van der Waals surface area contributed by atoms with Crippen molar-refractivity contribution < 1.29 is 8.42 Å². The Hall–Kier alpha value is -0.330. The molecule has 0 amide bonds. The maximum atomic E-state index is 12.2. The Bertz CT molecular complexity index is 555. The van der Waals surface area contributed by atoms with Crippen LogP contribution in [0.2, 0.25) is 10.0 Å². The quantitative estimate of drug-likeness (QED) is 0.898. The summed E-state index contributed by atoms with van der Waals surface area (Å²) in [7, 11) is -3.61. The Morgan fingerprint density at radius 2 is 1.79 bits per heavy atom. The molecule has 1 aliphatic rings. The number of halogens is 2. The summed E-state index contributed by atoms with van der Waals surface area (Å²) in [5, 5.41) is 0.542. The highest BCUT2D eigenvalue weighted by molar-refractivity contribution is 7.89. The van der Waals surface area contributed by atoms with Gasteiger partial charge in [0.25, 0.3) is 0 Å². The van der Waals surface area contributed by atoms with Crippen LogP contribution in [0.3, 0.4) is 0 Å². The molecule has 7 heteroatoms. The summed E-state index contributed by atoms with van der Waals surface area (Å²) in [6.07, 6.45) is 3.18. The number of rotatable bonds is 3. The molecule has 1 aromatic carbocycles. The zero-order valence-electron chi connectivity index (χ0n) is 10.3. The zero-order valence-corrected chi connectivity index (χ0v) is 12.6. The van der Waals surface area contributed by atoms with Crippen LogP contribution in [0.1, 0.15) is 25.7 Å². The first kappa shape index (κ1) is 15.1. The summed E-state index contributed by atoms with van der Waals surface area (Å²) in [5.74, 6) is 0. The van der Waals surface area contributed by atoms with Crippen molar-refractivity contribution in [3.05, 3.63) is 28.2 Å². The van der Waals surface area contributed by atoms with Gasteiger partial charge in [-0.15, -0.1) is 0 Å². The molecule has 0 atom stereocenters. The SMILES string of the molecule is NC1CCC(NS(=O)(=O)c2ccc(Cl)cc2Cl)CC1. The molecule has 0 heterocycles. The van der Waals surface area contributed by atoms with Gasteiger partial charge in [0.2, 0.25) is 10.0 Å². The molecule has 0 bridgehead atoms. The average molecular weight is 323 g/mol. The standard InChI is InChI=1S/C12H16Cl2N2O2S/c13-8-1-6-12(11(14)7-8)19(17,18)16-10-4-2-9(15)3-5-10/h1,6-7,9-10,16H,2-5,15H2. The molecule has 0 unspecified atom stereocenters. The molecule has 1 aromatic rings. The van der Waals surface area contributed by atoms with E-state index in [4.69, 9.17) is 28.9 Å². The van der Waals surface area contributed by atoms with E-state index in [2.05, 4.69) is 4.72 Å². The third-order valence-electron chi connectivity index (χ3n) is 3.28. The molecule has 0 spiro atoms. The molecular weight excluding hydrogens is 307 g/mol. The maximum Gasteiger partial charge on any atom is 0.242 e. The van der Waals surface area contributed by atoms with Crippen LogP contribution in [-0.4, -0.2) is 20.5 Å². The minimum absolute atomic E-state index is 0.0634. The molecule has 1 fully saturated rings. The lowest BCUT2D eigenvalue weighted by molar-refractivity contribution is 0.373. The van der Waals surface area contributed by atoms with Gasteiger partial charge in [0, 0.05) is 17.1 Å². The van der Waals surface area contributed by atoms with Gasteiger partial charge < -0.3 is 5.73 Å². The second-order valence-electron chi connectivity index (χ2n) is 4.81. The van der Waals surface area contributed by atoms with Crippen LogP contribution in [0.15, 0.2) is 23.1 Å². The molecule has 0 aromatic heterocycles. The summed E-state index contributed by atoms with van der Waals surface area (Å²) >= 11 is 11.7. The highest BCUT2D eigenvalue weighted by Crippen LogP contribution is 2.26. The van der Waals surface area contributed by atoms with E-state index in [-0.39, 0.29) is 22.0 Å². The molecule has 3 N–H and O–H groups in total. The van der Waals surface area contributed by atoms with Gasteiger partial charge in [-0.25, -0.2) is 13.1 Å². The predicted molar refractivity (Wildman–Crippen MR) is 77.0 cm³/mol. The molecule has 0 aliphatic heterocycles. The molecule has 0 radical (unpaired) electrons. The van der Waals surface area contributed by atoms with E-state index in [9.17, 15) is 8.42 Å². The Kier molecular flexibility index (Phi) is 4.74. The van der Waals surface area contributed by atoms with Gasteiger partial charge in [-0.1, -0.05) is 23.2 Å². The fourth-order valence-electron chi connectivity index (χ4n) is 2.21. The van der Waals surface area contributed by atoms with E-state index in [0.29, 0.717) is 5.02 Å². The molecule has 2 rings (SSSR count). The van der Waals surface area contributed by atoms with Crippen molar-refractivity contribution >= 4 is 33.2 Å². The lowest BCUT2D eigenvalue weighted by atomic mass is 9.93. The van der Waals surface area contributed by atoms with Gasteiger partial charge in [0.05, 0.1) is 5.02 Å². The van der Waals surface area contributed by atoms with Crippen molar-refractivity contribution in [3.63, 3.8) is 0 Å². The molecule has 19 heavy (non-hydrogen) atoms. The Balaban J connectivity index is 2.14. The summed E-state index contributed by atoms with van der Waals surface area (Å²) in [6.45, 7) is 0. The highest BCUT2D eigenvalue weighted by atomic mass is 35.5. The fourth-order valence-corrected chi connectivity index (χ4v) is 4.29. The van der Waals surface area contributed by atoms with E-state index in [1.54, 1.807) is 0 Å². The first-order valence-corrected chi connectivity index (χ1v) is 8.35. The van der Waals surface area contributed by atoms with E-state index >= 15 is 0 Å². The summed E-state index contributed by atoms with van der Waals surface area (Å²) < 4.78 is 27.2. The molecule has 1 saturated carbocycles. The Morgan fingerprint density at radius 1 is 1.16 bits per heavy atom. The van der Waals surface area contributed by atoms with E-state index < -0.39 is 10.0 Å². The largest absolute Gasteiger partial charge is 0.328 e. The van der Waals surface area contributed by atoms with Gasteiger partial charge in [0.1, 0.15) is 4.90 Å². The van der Waals surface area contributed by atoms with Crippen molar-refractivity contribution in [2.24, 2.45) is 5.73 Å². The molecule has 1 aliphatic carbocycles. The van der Waals surface area contributed by atoms with Crippen molar-refractivity contribution in [3.8, 4) is 0 Å². The molecule has 4 nitrogen and oxygen atoms in total. The van der Waals surface area contributed by atoms with Gasteiger partial charge in [-0.2, -0.15) is 0 Å². The van der Waals surface area contributed by atoms with Crippen LogP contribution < -0.4 is 10.5 Å². The van der Waals surface area contributed by atoms with E-state index in [1.807, 2.05) is 0 Å². The number of nitrogens with one attached hydrogen (secondary N) is 1. The van der Waals surface area contributed by atoms with Crippen LogP contribution in [0.25, 0.3) is 0 Å². The first-order valence-electron chi connectivity index (χ1n) is 6.11.